The van der Waals surface area contributed by atoms with Gasteiger partial charge in [0.05, 0.1) is 27.3 Å². The molecule has 0 aliphatic carbocycles. The minimum atomic E-state index is -0.983. The Morgan fingerprint density at radius 3 is 3.00 bits per heavy atom. The zero-order chi connectivity index (χ0) is 17.4. The minimum absolute atomic E-state index is 0.0685. The van der Waals surface area contributed by atoms with Crippen LogP contribution in [0, 0.1) is 5.92 Å². The SMILES string of the molecule is CC(C)C(=O)Nc1c[nH]c2ncc(Br)c(N3CC[C@H](F)C(N)C3)c12. The number of hydrogen-bond donors (Lipinski definition) is 3. The minimum Gasteiger partial charge on any atom is -0.368 e. The van der Waals surface area contributed by atoms with Gasteiger partial charge in [-0.1, -0.05) is 13.8 Å². The Balaban J connectivity index is 2.04. The molecule has 0 radical (unpaired) electrons. The number of nitrogens with one attached hydrogen (secondary N) is 2. The summed E-state index contributed by atoms with van der Waals surface area (Å²) in [5.74, 6) is -0.199. The van der Waals surface area contributed by atoms with Crippen LogP contribution in [0.1, 0.15) is 20.3 Å². The maximum Gasteiger partial charge on any atom is 0.226 e. The number of aromatic amines is 1. The highest BCUT2D eigenvalue weighted by molar-refractivity contribution is 9.10. The van der Waals surface area contributed by atoms with Gasteiger partial charge in [0.25, 0.3) is 0 Å². The van der Waals surface area contributed by atoms with Crippen LogP contribution in [0.5, 0.6) is 0 Å². The first kappa shape index (κ1) is 17.2. The van der Waals surface area contributed by atoms with E-state index in [1.807, 2.05) is 18.7 Å². The molecule has 130 valence electrons. The van der Waals surface area contributed by atoms with Crippen molar-refractivity contribution in [2.75, 3.05) is 23.3 Å². The number of alkyl halides is 1. The summed E-state index contributed by atoms with van der Waals surface area (Å²) in [6, 6.07) is -0.526. The maximum atomic E-state index is 13.7. The number of piperidine rings is 1. The molecule has 1 unspecified atom stereocenters. The topological polar surface area (TPSA) is 87.0 Å². The summed E-state index contributed by atoms with van der Waals surface area (Å²) in [4.78, 5) is 21.6. The largest absolute Gasteiger partial charge is 0.368 e. The Morgan fingerprint density at radius 1 is 1.58 bits per heavy atom. The van der Waals surface area contributed by atoms with Crippen molar-refractivity contribution < 1.29 is 9.18 Å². The van der Waals surface area contributed by atoms with Gasteiger partial charge in [-0.2, -0.15) is 0 Å². The van der Waals surface area contributed by atoms with Crippen LogP contribution in [-0.2, 0) is 4.79 Å². The molecular weight excluding hydrogens is 377 g/mol. The number of hydrogen-bond acceptors (Lipinski definition) is 4. The third-order valence-corrected chi connectivity index (χ3v) is 4.88. The van der Waals surface area contributed by atoms with Gasteiger partial charge in [-0.3, -0.25) is 4.79 Å². The molecule has 0 spiro atoms. The second-order valence-corrected chi connectivity index (χ2v) is 7.29. The molecule has 1 fully saturated rings. The third-order valence-electron chi connectivity index (χ3n) is 4.30. The van der Waals surface area contributed by atoms with Crippen LogP contribution in [0.15, 0.2) is 16.9 Å². The van der Waals surface area contributed by atoms with Crippen LogP contribution in [0.4, 0.5) is 15.8 Å². The van der Waals surface area contributed by atoms with E-state index in [-0.39, 0.29) is 11.8 Å². The van der Waals surface area contributed by atoms with Crippen LogP contribution >= 0.6 is 15.9 Å². The lowest BCUT2D eigenvalue weighted by atomic mass is 10.0. The van der Waals surface area contributed by atoms with Crippen molar-refractivity contribution >= 4 is 44.2 Å². The lowest BCUT2D eigenvalue weighted by molar-refractivity contribution is -0.118. The average molecular weight is 398 g/mol. The van der Waals surface area contributed by atoms with E-state index in [0.29, 0.717) is 30.8 Å². The number of fused-ring (bicyclic) bond motifs is 1. The molecule has 2 atom stereocenters. The number of amides is 1. The van der Waals surface area contributed by atoms with E-state index in [1.54, 1.807) is 12.4 Å². The average Bonchev–Trinajstić information content (AvgIpc) is 2.93. The number of anilines is 2. The van der Waals surface area contributed by atoms with Crippen molar-refractivity contribution in [3.05, 3.63) is 16.9 Å². The molecule has 2 aromatic rings. The number of aromatic nitrogens is 2. The second kappa shape index (κ2) is 6.68. The first-order valence-electron chi connectivity index (χ1n) is 7.99. The predicted molar refractivity (Wildman–Crippen MR) is 97.0 cm³/mol. The summed E-state index contributed by atoms with van der Waals surface area (Å²) in [6.07, 6.45) is 2.84. The summed E-state index contributed by atoms with van der Waals surface area (Å²) in [7, 11) is 0. The van der Waals surface area contributed by atoms with Crippen molar-refractivity contribution in [2.24, 2.45) is 11.7 Å². The normalized spacial score (nSPS) is 21.5. The number of rotatable bonds is 3. The van der Waals surface area contributed by atoms with Crippen LogP contribution < -0.4 is 16.0 Å². The Kier molecular flexibility index (Phi) is 4.78. The van der Waals surface area contributed by atoms with Crippen molar-refractivity contribution in [3.63, 3.8) is 0 Å². The van der Waals surface area contributed by atoms with Crippen LogP contribution in [0.2, 0.25) is 0 Å². The maximum absolute atomic E-state index is 13.7. The number of carbonyl (C=O) groups is 1. The highest BCUT2D eigenvalue weighted by Gasteiger charge is 2.29. The van der Waals surface area contributed by atoms with E-state index in [4.69, 9.17) is 5.73 Å². The molecule has 6 nitrogen and oxygen atoms in total. The molecule has 3 rings (SSSR count). The molecule has 1 aliphatic rings. The third kappa shape index (κ3) is 3.12. The zero-order valence-electron chi connectivity index (χ0n) is 13.6. The summed E-state index contributed by atoms with van der Waals surface area (Å²) >= 11 is 3.54. The quantitative estimate of drug-likeness (QED) is 0.742. The van der Waals surface area contributed by atoms with Crippen LogP contribution in [-0.4, -0.2) is 41.2 Å². The predicted octanol–water partition coefficient (Wildman–Crippen LogP) is 2.80. The van der Waals surface area contributed by atoms with E-state index in [0.717, 1.165) is 15.5 Å². The van der Waals surface area contributed by atoms with Gasteiger partial charge in [-0.25, -0.2) is 9.37 Å². The fraction of sp³-hybridized carbons (Fsp3) is 0.500. The Hall–Kier alpha value is -1.67. The molecule has 4 N–H and O–H groups in total. The molecule has 0 saturated carbocycles. The molecule has 1 aliphatic heterocycles. The summed E-state index contributed by atoms with van der Waals surface area (Å²) < 4.78 is 14.5. The van der Waals surface area contributed by atoms with Gasteiger partial charge in [0, 0.05) is 31.4 Å². The standard InChI is InChI=1S/C16H21BrFN5O/c1-8(2)16(24)22-12-6-21-15-13(12)14(9(17)5-20-15)23-4-3-10(18)11(19)7-23/h5-6,8,10-11H,3-4,7,19H2,1-2H3,(H,20,21)(H,22,24)/t10-,11?/m0/s1. The first-order valence-corrected chi connectivity index (χ1v) is 8.78. The van der Waals surface area contributed by atoms with Gasteiger partial charge >= 0.3 is 0 Å². The molecule has 2 aromatic heterocycles. The molecule has 8 heteroatoms. The number of nitrogens with two attached hydrogens (primary N) is 1. The molecule has 3 heterocycles. The molecule has 0 aromatic carbocycles. The Morgan fingerprint density at radius 2 is 2.33 bits per heavy atom. The van der Waals surface area contributed by atoms with Gasteiger partial charge in [0.1, 0.15) is 11.8 Å². The Bertz CT molecular complexity index is 762. The van der Waals surface area contributed by atoms with E-state index >= 15 is 0 Å². The van der Waals surface area contributed by atoms with Gasteiger partial charge in [0.15, 0.2) is 0 Å². The van der Waals surface area contributed by atoms with Crippen molar-refractivity contribution in [3.8, 4) is 0 Å². The summed E-state index contributed by atoms with van der Waals surface area (Å²) in [5, 5.41) is 3.74. The monoisotopic (exact) mass is 397 g/mol. The molecular formula is C16H21BrFN5O. The fourth-order valence-corrected chi connectivity index (χ4v) is 3.45. The first-order chi connectivity index (χ1) is 11.4. The zero-order valence-corrected chi connectivity index (χ0v) is 15.2. The van der Waals surface area contributed by atoms with Crippen molar-refractivity contribution in [1.82, 2.24) is 9.97 Å². The molecule has 0 bridgehead atoms. The van der Waals surface area contributed by atoms with Gasteiger partial charge < -0.3 is 20.9 Å². The van der Waals surface area contributed by atoms with Crippen molar-refractivity contribution in [1.29, 1.82) is 0 Å². The van der Waals surface area contributed by atoms with E-state index in [2.05, 4.69) is 31.2 Å². The number of nitrogens with zero attached hydrogens (tertiary/aromatic N) is 2. The smallest absolute Gasteiger partial charge is 0.226 e. The summed E-state index contributed by atoms with van der Waals surface area (Å²) in [6.45, 7) is 4.66. The number of H-pyrrole nitrogens is 1. The lowest BCUT2D eigenvalue weighted by Gasteiger charge is -2.35. The molecule has 1 amide bonds. The van der Waals surface area contributed by atoms with E-state index in [1.165, 1.54) is 0 Å². The second-order valence-electron chi connectivity index (χ2n) is 6.44. The highest BCUT2D eigenvalue weighted by atomic mass is 79.9. The van der Waals surface area contributed by atoms with E-state index < -0.39 is 12.2 Å². The number of pyridine rings is 1. The molecule has 1 saturated heterocycles. The van der Waals surface area contributed by atoms with Crippen molar-refractivity contribution in [2.45, 2.75) is 32.5 Å². The fourth-order valence-electron chi connectivity index (χ4n) is 2.90. The molecule has 24 heavy (non-hydrogen) atoms. The van der Waals surface area contributed by atoms with E-state index in [9.17, 15) is 9.18 Å². The Labute approximate surface area is 148 Å². The van der Waals surface area contributed by atoms with Gasteiger partial charge in [-0.05, 0) is 22.4 Å². The van der Waals surface area contributed by atoms with Crippen LogP contribution in [0.25, 0.3) is 11.0 Å². The number of carbonyl (C=O) groups excluding carboxylic acids is 1. The van der Waals surface area contributed by atoms with Gasteiger partial charge in [-0.15, -0.1) is 0 Å². The lowest BCUT2D eigenvalue weighted by Crippen LogP contribution is -2.50. The van der Waals surface area contributed by atoms with Gasteiger partial charge in [0.2, 0.25) is 5.91 Å². The highest BCUT2D eigenvalue weighted by Crippen LogP contribution is 2.39. The van der Waals surface area contributed by atoms with Crippen LogP contribution in [0.3, 0.4) is 0 Å². The summed E-state index contributed by atoms with van der Waals surface area (Å²) in [5.41, 5.74) is 8.13. The number of halogens is 2.